The van der Waals surface area contributed by atoms with Crippen molar-refractivity contribution < 1.29 is 9.53 Å². The van der Waals surface area contributed by atoms with Gasteiger partial charge in [-0.3, -0.25) is 14.3 Å². The van der Waals surface area contributed by atoms with Gasteiger partial charge in [-0.05, 0) is 43.5 Å². The van der Waals surface area contributed by atoms with Gasteiger partial charge in [0.05, 0.1) is 29.7 Å². The van der Waals surface area contributed by atoms with Crippen LogP contribution >= 0.6 is 0 Å². The Morgan fingerprint density at radius 2 is 2.00 bits per heavy atom. The molecule has 2 N–H and O–H groups in total. The number of methoxy groups -OCH3 is 1. The highest BCUT2D eigenvalue weighted by molar-refractivity contribution is 6.04. The van der Waals surface area contributed by atoms with Gasteiger partial charge in [-0.15, -0.1) is 0 Å². The van der Waals surface area contributed by atoms with Gasteiger partial charge >= 0.3 is 0 Å². The summed E-state index contributed by atoms with van der Waals surface area (Å²) in [6, 6.07) is 5.55. The van der Waals surface area contributed by atoms with E-state index < -0.39 is 0 Å². The molecule has 4 rings (SSSR count). The van der Waals surface area contributed by atoms with Crippen molar-refractivity contribution in [2.24, 2.45) is 13.0 Å². The first-order valence-corrected chi connectivity index (χ1v) is 11.1. The van der Waals surface area contributed by atoms with Crippen molar-refractivity contribution in [3.8, 4) is 5.75 Å². The summed E-state index contributed by atoms with van der Waals surface area (Å²) in [6.07, 6.45) is 8.20. The first-order valence-electron chi connectivity index (χ1n) is 11.1. The summed E-state index contributed by atoms with van der Waals surface area (Å²) >= 11 is 0. The van der Waals surface area contributed by atoms with Gasteiger partial charge in [0, 0.05) is 25.5 Å². The summed E-state index contributed by atoms with van der Waals surface area (Å²) in [5, 5.41) is 12.1. The summed E-state index contributed by atoms with van der Waals surface area (Å²) in [5.74, 6) is 1.34. The Bertz CT molecular complexity index is 1130. The van der Waals surface area contributed by atoms with Gasteiger partial charge in [-0.1, -0.05) is 19.3 Å². The Kier molecular flexibility index (Phi) is 6.56. The van der Waals surface area contributed by atoms with Crippen molar-refractivity contribution in [3.63, 3.8) is 0 Å². The summed E-state index contributed by atoms with van der Waals surface area (Å²) in [6.45, 7) is 2.41. The van der Waals surface area contributed by atoms with E-state index in [1.165, 1.54) is 38.3 Å². The Morgan fingerprint density at radius 3 is 2.77 bits per heavy atom. The number of carbonyl (C=O) groups excluding carboxylic acids is 1. The van der Waals surface area contributed by atoms with Gasteiger partial charge in [-0.2, -0.15) is 5.10 Å². The molecule has 3 aromatic rings. The minimum Gasteiger partial charge on any atom is -0.497 e. The predicted octanol–water partition coefficient (Wildman–Crippen LogP) is 2.18. The highest BCUT2D eigenvalue weighted by Gasteiger charge is 2.16. The standard InChI is InChI=1S/C23H31N5O3/c1-27-20-9-8-17(31-2)12-18(20)22-19(23(27)30)14-26-28(22)15-21(29)25-11-10-24-13-16-6-4-3-5-7-16/h8-9,12,14,16,24H,3-7,10-11,13,15H2,1-2H3,(H,25,29). The SMILES string of the molecule is COc1ccc2c(c1)c1c(cnn1CC(=O)NCCNCC1CCCCC1)c(=O)n2C. The average Bonchev–Trinajstić information content (AvgIpc) is 3.21. The monoisotopic (exact) mass is 425 g/mol. The van der Waals surface area contributed by atoms with Crippen LogP contribution in [0.1, 0.15) is 32.1 Å². The fourth-order valence-corrected chi connectivity index (χ4v) is 4.54. The lowest BCUT2D eigenvalue weighted by atomic mass is 9.89. The number of benzene rings is 1. The van der Waals surface area contributed by atoms with Gasteiger partial charge in [0.15, 0.2) is 0 Å². The number of ether oxygens (including phenoxy) is 1. The van der Waals surface area contributed by atoms with Crippen molar-refractivity contribution in [3.05, 3.63) is 34.7 Å². The van der Waals surface area contributed by atoms with Crippen LogP contribution in [0, 0.1) is 5.92 Å². The van der Waals surface area contributed by atoms with Crippen LogP contribution in [0.5, 0.6) is 5.75 Å². The molecule has 8 heteroatoms. The molecule has 1 aliphatic carbocycles. The third-order valence-corrected chi connectivity index (χ3v) is 6.27. The third-order valence-electron chi connectivity index (χ3n) is 6.27. The molecule has 0 radical (unpaired) electrons. The molecule has 1 aromatic carbocycles. The van der Waals surface area contributed by atoms with Crippen LogP contribution in [0.3, 0.4) is 0 Å². The number of pyridine rings is 1. The number of rotatable bonds is 8. The van der Waals surface area contributed by atoms with Crippen molar-refractivity contribution >= 4 is 27.7 Å². The summed E-state index contributed by atoms with van der Waals surface area (Å²) in [5.41, 5.74) is 1.29. The fourth-order valence-electron chi connectivity index (χ4n) is 4.54. The maximum atomic E-state index is 12.7. The molecular weight excluding hydrogens is 394 g/mol. The van der Waals surface area contributed by atoms with Crippen LogP contribution < -0.4 is 20.9 Å². The molecule has 8 nitrogen and oxygen atoms in total. The molecule has 1 saturated carbocycles. The molecule has 1 amide bonds. The van der Waals surface area contributed by atoms with Crippen molar-refractivity contribution in [1.29, 1.82) is 0 Å². The highest BCUT2D eigenvalue weighted by Crippen LogP contribution is 2.26. The Balaban J connectivity index is 1.43. The molecule has 0 atom stereocenters. The van der Waals surface area contributed by atoms with E-state index in [4.69, 9.17) is 4.74 Å². The van der Waals surface area contributed by atoms with E-state index in [0.717, 1.165) is 29.9 Å². The van der Waals surface area contributed by atoms with E-state index in [2.05, 4.69) is 15.7 Å². The normalized spacial score (nSPS) is 14.9. The molecule has 0 bridgehead atoms. The number of hydrogen-bond donors (Lipinski definition) is 2. The first kappa shape index (κ1) is 21.4. The molecule has 2 aromatic heterocycles. The Hall–Kier alpha value is -2.87. The molecule has 0 saturated heterocycles. The van der Waals surface area contributed by atoms with E-state index in [1.807, 2.05) is 18.2 Å². The third kappa shape index (κ3) is 4.58. The van der Waals surface area contributed by atoms with Gasteiger partial charge in [-0.25, -0.2) is 0 Å². The second-order valence-electron chi connectivity index (χ2n) is 8.37. The Morgan fingerprint density at radius 1 is 1.19 bits per heavy atom. The summed E-state index contributed by atoms with van der Waals surface area (Å²) < 4.78 is 8.55. The van der Waals surface area contributed by atoms with Crippen molar-refractivity contribution in [2.75, 3.05) is 26.7 Å². The van der Waals surface area contributed by atoms with Crippen LogP contribution in [-0.4, -0.2) is 47.0 Å². The fraction of sp³-hybridized carbons (Fsp3) is 0.522. The lowest BCUT2D eigenvalue weighted by Gasteiger charge is -2.21. The molecule has 31 heavy (non-hydrogen) atoms. The zero-order valence-corrected chi connectivity index (χ0v) is 18.3. The lowest BCUT2D eigenvalue weighted by Crippen LogP contribution is -2.36. The molecule has 1 aliphatic rings. The van der Waals surface area contributed by atoms with E-state index in [0.29, 0.717) is 23.2 Å². The average molecular weight is 426 g/mol. The number of hydrogen-bond acceptors (Lipinski definition) is 5. The molecule has 166 valence electrons. The predicted molar refractivity (Wildman–Crippen MR) is 121 cm³/mol. The Labute approximate surface area is 181 Å². The minimum absolute atomic E-state index is 0.0611. The first-order chi connectivity index (χ1) is 15.1. The maximum absolute atomic E-state index is 12.7. The quantitative estimate of drug-likeness (QED) is 0.540. The second-order valence-corrected chi connectivity index (χ2v) is 8.37. The van der Waals surface area contributed by atoms with Crippen LogP contribution in [0.15, 0.2) is 29.2 Å². The lowest BCUT2D eigenvalue weighted by molar-refractivity contribution is -0.121. The smallest absolute Gasteiger partial charge is 0.261 e. The van der Waals surface area contributed by atoms with E-state index >= 15 is 0 Å². The number of nitrogens with one attached hydrogen (secondary N) is 2. The number of carbonyl (C=O) groups is 1. The zero-order valence-electron chi connectivity index (χ0n) is 18.3. The van der Waals surface area contributed by atoms with Crippen molar-refractivity contribution in [2.45, 2.75) is 38.6 Å². The van der Waals surface area contributed by atoms with Crippen LogP contribution in [0.25, 0.3) is 21.8 Å². The zero-order chi connectivity index (χ0) is 21.8. The molecule has 2 heterocycles. The molecule has 0 unspecified atom stereocenters. The highest BCUT2D eigenvalue weighted by atomic mass is 16.5. The van der Waals surface area contributed by atoms with Crippen LogP contribution in [0.4, 0.5) is 0 Å². The van der Waals surface area contributed by atoms with Crippen molar-refractivity contribution in [1.82, 2.24) is 25.0 Å². The maximum Gasteiger partial charge on any atom is 0.261 e. The number of aromatic nitrogens is 3. The molecule has 1 fully saturated rings. The number of amides is 1. The van der Waals surface area contributed by atoms with E-state index in [9.17, 15) is 9.59 Å². The van der Waals surface area contributed by atoms with Gasteiger partial charge in [0.25, 0.3) is 5.56 Å². The van der Waals surface area contributed by atoms with Gasteiger partial charge in [0.1, 0.15) is 12.3 Å². The van der Waals surface area contributed by atoms with Crippen LogP contribution in [0.2, 0.25) is 0 Å². The molecule has 0 spiro atoms. The van der Waals surface area contributed by atoms with E-state index in [1.54, 1.807) is 23.4 Å². The molecular formula is C23H31N5O3. The van der Waals surface area contributed by atoms with Crippen LogP contribution in [-0.2, 0) is 18.4 Å². The largest absolute Gasteiger partial charge is 0.497 e. The summed E-state index contributed by atoms with van der Waals surface area (Å²) in [7, 11) is 3.34. The van der Waals surface area contributed by atoms with Gasteiger partial charge in [0.2, 0.25) is 5.91 Å². The minimum atomic E-state index is -0.133. The second kappa shape index (κ2) is 9.51. The summed E-state index contributed by atoms with van der Waals surface area (Å²) in [4.78, 5) is 25.3. The number of fused-ring (bicyclic) bond motifs is 3. The van der Waals surface area contributed by atoms with E-state index in [-0.39, 0.29) is 18.0 Å². The topological polar surface area (TPSA) is 90.2 Å². The molecule has 0 aliphatic heterocycles. The number of nitrogens with zero attached hydrogens (tertiary/aromatic N) is 3. The van der Waals surface area contributed by atoms with Gasteiger partial charge < -0.3 is 19.9 Å². The number of aryl methyl sites for hydroxylation is 1.